The Morgan fingerprint density at radius 3 is 0.500 bits per heavy atom. The van der Waals surface area contributed by atoms with Crippen LogP contribution in [-0.4, -0.2) is 27.3 Å². The Kier molecular flexibility index (Phi) is 150. The molecule has 2 radical (unpaired) electrons. The summed E-state index contributed by atoms with van der Waals surface area (Å²) in [6, 6.07) is 0. The van der Waals surface area contributed by atoms with Gasteiger partial charge in [-0.25, -0.2) is 0 Å². The number of rotatable bonds is 0. The number of halogens is 3. The van der Waals surface area contributed by atoms with Gasteiger partial charge in [-0.15, -0.1) is 50.9 Å². The average Bonchev–Trinajstić information content (AvgIpc) is 0. The summed E-state index contributed by atoms with van der Waals surface area (Å²) in [6.45, 7) is 0. The fraction of sp³-hybridized carbons (Fsp3) is 0. The molecule has 0 aromatic rings. The van der Waals surface area contributed by atoms with Crippen molar-refractivity contribution in [1.82, 2.24) is 0 Å². The van der Waals surface area contributed by atoms with E-state index in [1.165, 1.54) is 0 Å². The Balaban J connectivity index is 0. The first-order valence-corrected chi connectivity index (χ1v) is 0. The summed E-state index contributed by atoms with van der Waals surface area (Å²) in [4.78, 5) is 0. The molecule has 0 aromatic heterocycles. The molecule has 0 rings (SSSR count). The maximum atomic E-state index is 0. The van der Waals surface area contributed by atoms with Crippen molar-refractivity contribution >= 4 is 78.2 Å². The maximum absolute atomic E-state index is 0. The van der Waals surface area contributed by atoms with Crippen LogP contribution in [0.1, 0.15) is 0 Å². The van der Waals surface area contributed by atoms with Crippen LogP contribution in [0, 0.1) is 0 Å². The van der Waals surface area contributed by atoms with Crippen LogP contribution >= 0.6 is 50.9 Å². The Bertz CT molecular complexity index is 3.25. The van der Waals surface area contributed by atoms with Crippen LogP contribution in [0.15, 0.2) is 0 Å². The van der Waals surface area contributed by atoms with Crippen LogP contribution in [0.5, 0.6) is 0 Å². The second kappa shape index (κ2) is 18.3. The normalized spacial score (nSPS) is 0. The molecule has 4 heavy (non-hydrogen) atoms. The second-order valence-corrected chi connectivity index (χ2v) is 0. The molecular weight excluding hydrogens is 447 g/mol. The molecule has 0 saturated carbocycles. The molecule has 0 fully saturated rings. The van der Waals surface area contributed by atoms with Crippen molar-refractivity contribution in [2.45, 2.75) is 0 Å². The van der Waals surface area contributed by atoms with Gasteiger partial charge in [0.2, 0.25) is 0 Å². The van der Waals surface area contributed by atoms with E-state index in [1.54, 1.807) is 0 Å². The summed E-state index contributed by atoms with van der Waals surface area (Å²) in [6.07, 6.45) is 0. The standard InChI is InChI=1S/3BrH.Pb.2H/h3*1H;;;. The summed E-state index contributed by atoms with van der Waals surface area (Å²) in [7, 11) is 0. The molecule has 0 atom stereocenters. The molecule has 0 amide bonds. The van der Waals surface area contributed by atoms with Gasteiger partial charge in [-0.05, 0) is 0 Å². The fourth-order valence-electron chi connectivity index (χ4n) is 0. The van der Waals surface area contributed by atoms with Gasteiger partial charge in [0.25, 0.3) is 0 Å². The van der Waals surface area contributed by atoms with Gasteiger partial charge in [-0.1, -0.05) is 0 Å². The van der Waals surface area contributed by atoms with Crippen molar-refractivity contribution in [2.24, 2.45) is 0 Å². The first-order chi connectivity index (χ1) is 0. The monoisotopic (exact) mass is 450 g/mol. The summed E-state index contributed by atoms with van der Waals surface area (Å²) < 4.78 is 0. The molecule has 0 N–H and O–H groups in total. The van der Waals surface area contributed by atoms with Gasteiger partial charge in [-0.2, -0.15) is 0 Å². The zero-order valence-electron chi connectivity index (χ0n) is 1.93. The van der Waals surface area contributed by atoms with Gasteiger partial charge >= 0.3 is 27.3 Å². The predicted octanol–water partition coefficient (Wildman–Crippen LogP) is 0.817. The molecule has 0 saturated heterocycles. The van der Waals surface area contributed by atoms with Crippen LogP contribution in [0.4, 0.5) is 0 Å². The number of hydrogen-bond acceptors (Lipinski definition) is 0. The van der Waals surface area contributed by atoms with E-state index in [-0.39, 0.29) is 78.2 Å². The molecular formula is H5Br3Pb. The molecule has 4 heteroatoms. The molecule has 0 nitrogen and oxygen atoms in total. The van der Waals surface area contributed by atoms with Gasteiger partial charge in [0.1, 0.15) is 0 Å². The summed E-state index contributed by atoms with van der Waals surface area (Å²) >= 11 is 0. The zero-order valence-corrected chi connectivity index (χ0v) is 12.6. The Morgan fingerprint density at radius 2 is 0.500 bits per heavy atom. The van der Waals surface area contributed by atoms with Crippen molar-refractivity contribution in [1.29, 1.82) is 0 Å². The average molecular weight is 452 g/mol. The van der Waals surface area contributed by atoms with Crippen LogP contribution in [0.25, 0.3) is 0 Å². The van der Waals surface area contributed by atoms with E-state index < -0.39 is 0 Å². The second-order valence-electron chi connectivity index (χ2n) is 0. The Hall–Kier alpha value is 2.36. The van der Waals surface area contributed by atoms with Crippen molar-refractivity contribution in [3.8, 4) is 0 Å². The van der Waals surface area contributed by atoms with E-state index in [2.05, 4.69) is 0 Å². The quantitative estimate of drug-likeness (QED) is 0.478. The molecule has 0 aliphatic rings. The predicted molar refractivity (Wildman–Crippen MR) is 39.5 cm³/mol. The fourth-order valence-corrected chi connectivity index (χ4v) is 0. The molecule has 0 aliphatic carbocycles. The topological polar surface area (TPSA) is 0 Å². The van der Waals surface area contributed by atoms with E-state index in [4.69, 9.17) is 0 Å². The summed E-state index contributed by atoms with van der Waals surface area (Å²) in [5, 5.41) is 0. The summed E-state index contributed by atoms with van der Waals surface area (Å²) in [5.41, 5.74) is 0. The molecule has 0 spiro atoms. The minimum atomic E-state index is 0. The third-order valence-corrected chi connectivity index (χ3v) is 0. The third-order valence-electron chi connectivity index (χ3n) is 0. The van der Waals surface area contributed by atoms with E-state index in [0.717, 1.165) is 0 Å². The van der Waals surface area contributed by atoms with Crippen LogP contribution in [0.3, 0.4) is 0 Å². The van der Waals surface area contributed by atoms with Crippen molar-refractivity contribution in [3.05, 3.63) is 0 Å². The zero-order chi connectivity index (χ0) is 0. The minimum absolute atomic E-state index is 0. The van der Waals surface area contributed by atoms with Gasteiger partial charge in [0.05, 0.1) is 0 Å². The Labute approximate surface area is 77.2 Å². The van der Waals surface area contributed by atoms with Crippen LogP contribution in [-0.2, 0) is 0 Å². The first-order valence-electron chi connectivity index (χ1n) is 0. The van der Waals surface area contributed by atoms with Crippen LogP contribution in [0.2, 0.25) is 0 Å². The van der Waals surface area contributed by atoms with Gasteiger partial charge in [0, 0.05) is 0 Å². The van der Waals surface area contributed by atoms with Crippen molar-refractivity contribution in [2.75, 3.05) is 0 Å². The molecule has 0 unspecified atom stereocenters. The molecule has 0 heterocycles. The van der Waals surface area contributed by atoms with Gasteiger partial charge in [0.15, 0.2) is 0 Å². The summed E-state index contributed by atoms with van der Waals surface area (Å²) in [5.74, 6) is 0. The van der Waals surface area contributed by atoms with E-state index in [9.17, 15) is 0 Å². The van der Waals surface area contributed by atoms with E-state index in [1.807, 2.05) is 0 Å². The molecule has 0 aliphatic heterocycles. The first kappa shape index (κ1) is 32.8. The van der Waals surface area contributed by atoms with Gasteiger partial charge < -0.3 is 0 Å². The molecule has 0 bridgehead atoms. The Morgan fingerprint density at radius 1 is 0.500 bits per heavy atom. The third kappa shape index (κ3) is 8.84. The van der Waals surface area contributed by atoms with Crippen LogP contribution < -0.4 is 0 Å². The molecule has 0 aromatic carbocycles. The van der Waals surface area contributed by atoms with E-state index in [0.29, 0.717) is 0 Å². The van der Waals surface area contributed by atoms with E-state index >= 15 is 0 Å². The molecule has 30 valence electrons. The van der Waals surface area contributed by atoms with Crippen molar-refractivity contribution in [3.63, 3.8) is 0 Å². The van der Waals surface area contributed by atoms with Gasteiger partial charge in [-0.3, -0.25) is 0 Å². The number of hydrogen-bond donors (Lipinski definition) is 0. The van der Waals surface area contributed by atoms with Crippen molar-refractivity contribution < 1.29 is 0 Å². The SMILES string of the molecule is Br.Br.Br.[PbH2].